The Morgan fingerprint density at radius 2 is 1.97 bits per heavy atom. The molecule has 2 N–H and O–H groups in total. The van der Waals surface area contributed by atoms with E-state index < -0.39 is 42.1 Å². The Bertz CT molecular complexity index is 950. The van der Waals surface area contributed by atoms with Crippen LogP contribution in [0.2, 0.25) is 0 Å². The van der Waals surface area contributed by atoms with E-state index in [-0.39, 0.29) is 18.5 Å². The second-order valence-corrected chi connectivity index (χ2v) is 8.33. The first-order valence-corrected chi connectivity index (χ1v) is 10.6. The molecule has 3 unspecified atom stereocenters. The van der Waals surface area contributed by atoms with Gasteiger partial charge in [-0.05, 0) is 43.5 Å². The molecule has 0 saturated carbocycles. The number of nitrogens with two attached hydrogens (primary N) is 1. The predicted molar refractivity (Wildman–Crippen MR) is 102 cm³/mol. The second kappa shape index (κ2) is 7.77. The molecule has 164 valence electrons. The van der Waals surface area contributed by atoms with E-state index in [2.05, 4.69) is 5.10 Å². The molecule has 2 aliphatic heterocycles. The van der Waals surface area contributed by atoms with Crippen LogP contribution in [-0.2, 0) is 17.8 Å². The van der Waals surface area contributed by atoms with Crippen LogP contribution in [0.5, 0.6) is 0 Å². The highest BCUT2D eigenvalue weighted by molar-refractivity contribution is 7.97. The molecule has 0 bridgehead atoms. The Balaban J connectivity index is 1.61. The van der Waals surface area contributed by atoms with Gasteiger partial charge in [-0.25, -0.2) is 12.9 Å². The Hall–Kier alpha value is -1.69. The number of nitrogens with zero attached hydrogens (tertiary/aromatic N) is 3. The largest absolute Gasteiger partial charge is 0.416 e. The monoisotopic (exact) mass is 448 g/mol. The van der Waals surface area contributed by atoms with E-state index in [1.54, 1.807) is 8.99 Å². The molecule has 1 fully saturated rings. The van der Waals surface area contributed by atoms with Gasteiger partial charge < -0.3 is 10.5 Å². The van der Waals surface area contributed by atoms with Crippen molar-refractivity contribution in [3.05, 3.63) is 52.3 Å². The lowest BCUT2D eigenvalue weighted by Crippen LogP contribution is -2.58. The van der Waals surface area contributed by atoms with E-state index in [0.29, 0.717) is 6.54 Å². The lowest BCUT2D eigenvalue weighted by molar-refractivity contribution is -0.269. The van der Waals surface area contributed by atoms with Gasteiger partial charge in [0.15, 0.2) is 6.10 Å². The quantitative estimate of drug-likeness (QED) is 0.726. The van der Waals surface area contributed by atoms with Crippen molar-refractivity contribution in [1.82, 2.24) is 14.1 Å². The highest BCUT2D eigenvalue weighted by Crippen LogP contribution is 2.42. The fourth-order valence-corrected chi connectivity index (χ4v) is 4.88. The molecular formula is C19H21F5N4OS. The number of hydrogen-bond acceptors (Lipinski definition) is 5. The summed E-state index contributed by atoms with van der Waals surface area (Å²) in [5, 5.41) is 4.44. The molecular weight excluding hydrogens is 427 g/mol. The summed E-state index contributed by atoms with van der Waals surface area (Å²) >= 11 is 1.42. The summed E-state index contributed by atoms with van der Waals surface area (Å²) in [5.41, 5.74) is 8.34. The average Bonchev–Trinajstić information content (AvgIpc) is 3.22. The molecule has 3 heterocycles. The van der Waals surface area contributed by atoms with Gasteiger partial charge in [0.05, 0.1) is 11.4 Å². The third kappa shape index (κ3) is 3.72. The van der Waals surface area contributed by atoms with Crippen molar-refractivity contribution in [3.63, 3.8) is 0 Å². The summed E-state index contributed by atoms with van der Waals surface area (Å²) < 4.78 is 76.6. The van der Waals surface area contributed by atoms with Crippen molar-refractivity contribution < 1.29 is 26.7 Å². The van der Waals surface area contributed by atoms with Crippen LogP contribution in [0.4, 0.5) is 22.0 Å². The van der Waals surface area contributed by atoms with Crippen LogP contribution < -0.4 is 5.73 Å². The maximum Gasteiger partial charge on any atom is 0.416 e. The van der Waals surface area contributed by atoms with Crippen LogP contribution in [0.1, 0.15) is 35.0 Å². The standard InChI is InChI=1S/C19H21F5N4OS/c1-9-12-7-27(8-15(12)26-28(9)30-2)16-6-14(25)17(29-18(16)19(22,23)24)11-5-10(20)3-4-13(11)21/h3-5,14,16-18H,6-8,25H2,1-2H3/t14?,16?,17-,18?/m1/s1. The van der Waals surface area contributed by atoms with Gasteiger partial charge in [0.1, 0.15) is 17.7 Å². The minimum Gasteiger partial charge on any atom is -0.357 e. The maximum absolute atomic E-state index is 14.2. The molecule has 11 heteroatoms. The Morgan fingerprint density at radius 1 is 1.23 bits per heavy atom. The fourth-order valence-electron chi connectivity index (χ4n) is 4.31. The lowest BCUT2D eigenvalue weighted by Gasteiger charge is -2.44. The van der Waals surface area contributed by atoms with Crippen LogP contribution in [0.15, 0.2) is 18.2 Å². The van der Waals surface area contributed by atoms with Gasteiger partial charge in [0.25, 0.3) is 0 Å². The number of benzene rings is 1. The fraction of sp³-hybridized carbons (Fsp3) is 0.526. The second-order valence-electron chi connectivity index (χ2n) is 7.62. The van der Waals surface area contributed by atoms with Crippen LogP contribution in [0, 0.1) is 18.6 Å². The molecule has 5 nitrogen and oxygen atoms in total. The first kappa shape index (κ1) is 21.5. The number of aromatic nitrogens is 2. The summed E-state index contributed by atoms with van der Waals surface area (Å²) in [6.45, 7) is 2.42. The number of rotatable bonds is 3. The summed E-state index contributed by atoms with van der Waals surface area (Å²) in [5.74, 6) is -1.61. The van der Waals surface area contributed by atoms with Crippen molar-refractivity contribution >= 4 is 11.9 Å². The SMILES string of the molecule is CSn1nc2c(c1C)CN(C1CC(N)[C@@H](c3cc(F)ccc3F)OC1C(F)(F)F)C2. The summed E-state index contributed by atoms with van der Waals surface area (Å²) in [6.07, 6.45) is -6.47. The Morgan fingerprint density at radius 3 is 2.60 bits per heavy atom. The van der Waals surface area contributed by atoms with E-state index in [1.807, 2.05) is 13.2 Å². The zero-order chi connectivity index (χ0) is 21.8. The number of ether oxygens (including phenoxy) is 1. The normalized spacial score (nSPS) is 27.5. The van der Waals surface area contributed by atoms with Crippen molar-refractivity contribution in [2.75, 3.05) is 6.26 Å². The molecule has 4 rings (SSSR count). The zero-order valence-corrected chi connectivity index (χ0v) is 17.1. The van der Waals surface area contributed by atoms with Crippen LogP contribution in [0.3, 0.4) is 0 Å². The molecule has 1 saturated heterocycles. The van der Waals surface area contributed by atoms with Crippen molar-refractivity contribution in [3.8, 4) is 0 Å². The first-order chi connectivity index (χ1) is 14.1. The summed E-state index contributed by atoms with van der Waals surface area (Å²) in [6, 6.07) is 0.624. The van der Waals surface area contributed by atoms with Gasteiger partial charge in [-0.3, -0.25) is 4.90 Å². The van der Waals surface area contributed by atoms with Gasteiger partial charge in [-0.2, -0.15) is 18.3 Å². The van der Waals surface area contributed by atoms with E-state index in [1.165, 1.54) is 11.9 Å². The van der Waals surface area contributed by atoms with Crippen molar-refractivity contribution in [1.29, 1.82) is 0 Å². The molecule has 2 aliphatic rings. The van der Waals surface area contributed by atoms with Crippen molar-refractivity contribution in [2.24, 2.45) is 5.73 Å². The average molecular weight is 448 g/mol. The van der Waals surface area contributed by atoms with Crippen molar-refractivity contribution in [2.45, 2.75) is 56.9 Å². The van der Waals surface area contributed by atoms with E-state index in [9.17, 15) is 22.0 Å². The highest BCUT2D eigenvalue weighted by atomic mass is 32.2. The van der Waals surface area contributed by atoms with Gasteiger partial charge in [0.2, 0.25) is 0 Å². The van der Waals surface area contributed by atoms with Gasteiger partial charge in [-0.15, -0.1) is 0 Å². The molecule has 0 aliphatic carbocycles. The Labute approximate surface area is 174 Å². The number of hydrogen-bond donors (Lipinski definition) is 1. The van der Waals surface area contributed by atoms with Gasteiger partial charge >= 0.3 is 6.18 Å². The molecule has 0 spiro atoms. The van der Waals surface area contributed by atoms with E-state index in [0.717, 1.165) is 35.2 Å². The molecule has 0 radical (unpaired) electrons. The minimum atomic E-state index is -4.69. The summed E-state index contributed by atoms with van der Waals surface area (Å²) in [4.78, 5) is 1.66. The minimum absolute atomic E-state index is 0.0728. The smallest absolute Gasteiger partial charge is 0.357 e. The zero-order valence-electron chi connectivity index (χ0n) is 16.3. The topological polar surface area (TPSA) is 56.3 Å². The van der Waals surface area contributed by atoms with Crippen LogP contribution in [0.25, 0.3) is 0 Å². The van der Waals surface area contributed by atoms with Gasteiger partial charge in [-0.1, -0.05) is 0 Å². The van der Waals surface area contributed by atoms with Crippen LogP contribution in [-0.4, -0.2) is 44.7 Å². The number of alkyl halides is 3. The maximum atomic E-state index is 14.2. The first-order valence-electron chi connectivity index (χ1n) is 9.38. The lowest BCUT2D eigenvalue weighted by atomic mass is 9.89. The highest BCUT2D eigenvalue weighted by Gasteiger charge is 2.54. The van der Waals surface area contributed by atoms with E-state index >= 15 is 0 Å². The summed E-state index contributed by atoms with van der Waals surface area (Å²) in [7, 11) is 0. The Kier molecular flexibility index (Phi) is 5.58. The van der Waals surface area contributed by atoms with E-state index in [4.69, 9.17) is 10.5 Å². The molecule has 4 atom stereocenters. The molecule has 1 aromatic carbocycles. The molecule has 2 aromatic rings. The van der Waals surface area contributed by atoms with Crippen LogP contribution >= 0.6 is 11.9 Å². The molecule has 0 amide bonds. The third-order valence-electron chi connectivity index (χ3n) is 5.77. The molecule has 30 heavy (non-hydrogen) atoms. The number of halogens is 5. The predicted octanol–water partition coefficient (Wildman–Crippen LogP) is 3.70. The number of fused-ring (bicyclic) bond motifs is 1. The van der Waals surface area contributed by atoms with Gasteiger partial charge in [0, 0.05) is 42.6 Å². The molecule has 1 aromatic heterocycles. The third-order valence-corrected chi connectivity index (χ3v) is 6.47.